The highest BCUT2D eigenvalue weighted by atomic mass is 16.7. The van der Waals surface area contributed by atoms with Crippen LogP contribution < -0.4 is 9.47 Å². The van der Waals surface area contributed by atoms with E-state index in [-0.39, 0.29) is 0 Å². The van der Waals surface area contributed by atoms with Crippen LogP contribution >= 0.6 is 0 Å². The van der Waals surface area contributed by atoms with E-state index in [4.69, 9.17) is 23.7 Å². The summed E-state index contributed by atoms with van der Waals surface area (Å²) in [6.07, 6.45) is 5.01. The van der Waals surface area contributed by atoms with Gasteiger partial charge in [0.1, 0.15) is 11.6 Å². The molecule has 3 aliphatic heterocycles. The van der Waals surface area contributed by atoms with Gasteiger partial charge in [0.25, 0.3) is 5.79 Å². The molecule has 0 radical (unpaired) electrons. The Labute approximate surface area is 244 Å². The molecular weight excluding hydrogens is 540 g/mol. The first-order valence-corrected chi connectivity index (χ1v) is 14.4. The molecule has 3 heterocycles. The van der Waals surface area contributed by atoms with Crippen LogP contribution in [-0.4, -0.2) is 60.8 Å². The lowest BCUT2D eigenvalue weighted by Crippen LogP contribution is -2.60. The smallest absolute Gasteiger partial charge is 0.331 e. The molecule has 0 N–H and O–H groups in total. The first-order valence-electron chi connectivity index (χ1n) is 14.4. The van der Waals surface area contributed by atoms with Crippen molar-refractivity contribution >= 4 is 24.1 Å². The normalized spacial score (nSPS) is 25.4. The topological polar surface area (TPSA) is 113 Å². The van der Waals surface area contributed by atoms with Crippen LogP contribution in [0.1, 0.15) is 81.5 Å². The van der Waals surface area contributed by atoms with Gasteiger partial charge in [0, 0.05) is 18.8 Å². The van der Waals surface area contributed by atoms with Crippen LogP contribution in [0.2, 0.25) is 0 Å². The molecule has 6 rings (SSSR count). The van der Waals surface area contributed by atoms with E-state index in [1.807, 2.05) is 24.3 Å². The number of benzene rings is 2. The standard InChI is InChI=1S/C32H36N2O8/c1-30(2,3)40-27(35)25-24(19-13-14-22(38-4)23(17-19)39-5)32(26-21-12-8-7-11-20(21)18-33-34(25)26)28(36)41-31(42-29(32)37)15-9-6-10-16-31/h7-8,11-14,17-18,24-26H,6,9-10,15-16H2,1-5H3/t24-,25+,26-/m0/s1. The Bertz CT molecular complexity index is 1430. The van der Waals surface area contributed by atoms with Gasteiger partial charge < -0.3 is 23.7 Å². The minimum absolute atomic E-state index is 0.378. The first kappa shape index (κ1) is 28.1. The van der Waals surface area contributed by atoms with Crippen molar-refractivity contribution in [3.8, 4) is 11.5 Å². The number of fused-ring (bicyclic) bond motifs is 4. The van der Waals surface area contributed by atoms with Gasteiger partial charge >= 0.3 is 17.9 Å². The summed E-state index contributed by atoms with van der Waals surface area (Å²) in [5.74, 6) is -3.66. The van der Waals surface area contributed by atoms with Crippen LogP contribution in [0.15, 0.2) is 47.6 Å². The average molecular weight is 577 g/mol. The number of rotatable bonds is 4. The molecule has 1 saturated carbocycles. The van der Waals surface area contributed by atoms with E-state index in [0.717, 1.165) is 24.8 Å². The van der Waals surface area contributed by atoms with E-state index in [0.29, 0.717) is 35.5 Å². The molecular formula is C32H36N2O8. The summed E-state index contributed by atoms with van der Waals surface area (Å²) in [6.45, 7) is 5.30. The third kappa shape index (κ3) is 4.22. The molecule has 2 aromatic rings. The van der Waals surface area contributed by atoms with Crippen LogP contribution in [0.5, 0.6) is 11.5 Å². The lowest BCUT2D eigenvalue weighted by atomic mass is 9.65. The molecule has 4 aliphatic rings. The van der Waals surface area contributed by atoms with Crippen molar-refractivity contribution in [2.75, 3.05) is 14.2 Å². The number of methoxy groups -OCH3 is 2. The van der Waals surface area contributed by atoms with Crippen molar-refractivity contribution in [3.63, 3.8) is 0 Å². The van der Waals surface area contributed by atoms with E-state index in [9.17, 15) is 14.4 Å². The van der Waals surface area contributed by atoms with Gasteiger partial charge in [0.05, 0.1) is 20.4 Å². The molecule has 0 bridgehead atoms. The minimum atomic E-state index is -1.97. The van der Waals surface area contributed by atoms with Crippen LogP contribution in [0.25, 0.3) is 0 Å². The Balaban J connectivity index is 1.61. The largest absolute Gasteiger partial charge is 0.493 e. The number of hydrazone groups is 1. The zero-order valence-corrected chi connectivity index (χ0v) is 24.5. The summed E-state index contributed by atoms with van der Waals surface area (Å²) < 4.78 is 29.4. The molecule has 0 aromatic heterocycles. The van der Waals surface area contributed by atoms with Crippen LogP contribution in [0, 0.1) is 5.41 Å². The summed E-state index contributed by atoms with van der Waals surface area (Å²) in [5, 5.41) is 6.20. The van der Waals surface area contributed by atoms with Gasteiger partial charge in [0.2, 0.25) is 5.41 Å². The number of carbonyl (C=O) groups is 3. The van der Waals surface area contributed by atoms with Crippen LogP contribution in [0.4, 0.5) is 0 Å². The van der Waals surface area contributed by atoms with E-state index in [1.54, 1.807) is 45.2 Å². The predicted octanol–water partition coefficient (Wildman–Crippen LogP) is 4.65. The van der Waals surface area contributed by atoms with Gasteiger partial charge in [-0.2, -0.15) is 5.10 Å². The lowest BCUT2D eigenvalue weighted by molar-refractivity contribution is -0.273. The minimum Gasteiger partial charge on any atom is -0.493 e. The molecule has 2 aromatic carbocycles. The maximum atomic E-state index is 14.7. The van der Waals surface area contributed by atoms with Gasteiger partial charge in [-0.15, -0.1) is 0 Å². The van der Waals surface area contributed by atoms with Gasteiger partial charge in [-0.05, 0) is 62.4 Å². The fraction of sp³-hybridized carbons (Fsp3) is 0.500. The molecule has 1 aliphatic carbocycles. The number of nitrogens with zero attached hydrogens (tertiary/aromatic N) is 2. The first-order chi connectivity index (χ1) is 20.0. The SMILES string of the molecule is COc1ccc([C@H]2[C@H](C(=O)OC(C)(C)C)N3N=Cc4ccccc4[C@H]3C23C(=O)OC2(CCCCC2)OC3=O)cc1OC. The Morgan fingerprint density at radius 1 is 0.952 bits per heavy atom. The quantitative estimate of drug-likeness (QED) is 0.379. The fourth-order valence-corrected chi connectivity index (χ4v) is 6.95. The summed E-state index contributed by atoms with van der Waals surface area (Å²) >= 11 is 0. The summed E-state index contributed by atoms with van der Waals surface area (Å²) in [7, 11) is 3.01. The van der Waals surface area contributed by atoms with Crippen molar-refractivity contribution in [1.82, 2.24) is 5.01 Å². The summed E-state index contributed by atoms with van der Waals surface area (Å²) in [6, 6.07) is 10.3. The zero-order valence-electron chi connectivity index (χ0n) is 24.5. The van der Waals surface area contributed by atoms with Crippen molar-refractivity contribution in [2.24, 2.45) is 10.5 Å². The second-order valence-corrected chi connectivity index (χ2v) is 12.3. The Morgan fingerprint density at radius 3 is 2.26 bits per heavy atom. The third-order valence-electron chi connectivity index (χ3n) is 8.67. The molecule has 222 valence electrons. The van der Waals surface area contributed by atoms with E-state index >= 15 is 0 Å². The average Bonchev–Trinajstić information content (AvgIpc) is 3.28. The van der Waals surface area contributed by atoms with Gasteiger partial charge in [-0.3, -0.25) is 14.6 Å². The monoisotopic (exact) mass is 576 g/mol. The Morgan fingerprint density at radius 2 is 1.62 bits per heavy atom. The number of hydrogen-bond acceptors (Lipinski definition) is 10. The molecule has 2 spiro atoms. The third-order valence-corrected chi connectivity index (χ3v) is 8.67. The lowest BCUT2D eigenvalue weighted by Gasteiger charge is -2.47. The Kier molecular flexibility index (Phi) is 6.70. The number of carbonyl (C=O) groups excluding carboxylic acids is 3. The Hall–Kier alpha value is -4.08. The van der Waals surface area contributed by atoms with Crippen molar-refractivity contribution in [2.45, 2.75) is 82.3 Å². The van der Waals surface area contributed by atoms with E-state index in [1.165, 1.54) is 19.2 Å². The molecule has 10 nitrogen and oxygen atoms in total. The van der Waals surface area contributed by atoms with Crippen LogP contribution in [-0.2, 0) is 28.6 Å². The molecule has 0 unspecified atom stereocenters. The fourth-order valence-electron chi connectivity index (χ4n) is 6.95. The van der Waals surface area contributed by atoms with Gasteiger partial charge in [-0.25, -0.2) is 4.79 Å². The van der Waals surface area contributed by atoms with Gasteiger partial charge in [0.15, 0.2) is 17.5 Å². The maximum absolute atomic E-state index is 14.7. The van der Waals surface area contributed by atoms with Gasteiger partial charge in [-0.1, -0.05) is 36.8 Å². The molecule has 10 heteroatoms. The van der Waals surface area contributed by atoms with Crippen LogP contribution in [0.3, 0.4) is 0 Å². The molecule has 42 heavy (non-hydrogen) atoms. The van der Waals surface area contributed by atoms with Crippen molar-refractivity contribution < 1.29 is 38.1 Å². The zero-order chi connectivity index (χ0) is 29.9. The van der Waals surface area contributed by atoms with Crippen molar-refractivity contribution in [3.05, 3.63) is 59.2 Å². The second kappa shape index (κ2) is 10.0. The highest BCUT2D eigenvalue weighted by Crippen LogP contribution is 2.63. The number of esters is 3. The maximum Gasteiger partial charge on any atom is 0.331 e. The highest BCUT2D eigenvalue weighted by Gasteiger charge is 2.76. The summed E-state index contributed by atoms with van der Waals surface area (Å²) in [5.41, 5.74) is -0.941. The van der Waals surface area contributed by atoms with E-state index < -0.39 is 52.7 Å². The predicted molar refractivity (Wildman–Crippen MR) is 151 cm³/mol. The number of hydrogen-bond donors (Lipinski definition) is 0. The number of ether oxygens (including phenoxy) is 5. The molecule has 3 atom stereocenters. The summed E-state index contributed by atoms with van der Waals surface area (Å²) in [4.78, 5) is 43.5. The molecule has 2 saturated heterocycles. The highest BCUT2D eigenvalue weighted by molar-refractivity contribution is 6.06. The molecule has 0 amide bonds. The van der Waals surface area contributed by atoms with E-state index in [2.05, 4.69) is 5.10 Å². The second-order valence-electron chi connectivity index (χ2n) is 12.3. The molecule has 3 fully saturated rings. The van der Waals surface area contributed by atoms with Crippen molar-refractivity contribution in [1.29, 1.82) is 0 Å².